The smallest absolute Gasteiger partial charge is 0.0680 e. The van der Waals surface area contributed by atoms with Crippen LogP contribution in [0.1, 0.15) is 18.4 Å². The lowest BCUT2D eigenvalue weighted by Gasteiger charge is -2.30. The maximum Gasteiger partial charge on any atom is 0.0680 e. The van der Waals surface area contributed by atoms with E-state index in [4.69, 9.17) is 0 Å². The lowest BCUT2D eigenvalue weighted by molar-refractivity contribution is 0.339. The Morgan fingerprint density at radius 3 is 2.88 bits per heavy atom. The van der Waals surface area contributed by atoms with E-state index in [1.54, 1.807) is 12.3 Å². The van der Waals surface area contributed by atoms with Gasteiger partial charge in [-0.05, 0) is 30.0 Å². The van der Waals surface area contributed by atoms with Gasteiger partial charge in [-0.3, -0.25) is 4.98 Å². The molecule has 1 aliphatic rings. The number of allylic oxidation sites excluding steroid dienone is 3. The van der Waals surface area contributed by atoms with Gasteiger partial charge in [-0.15, -0.1) is 0 Å². The fourth-order valence-corrected chi connectivity index (χ4v) is 3.03. The third kappa shape index (κ3) is 4.72. The average molecular weight is 321 g/mol. The maximum absolute atomic E-state index is 4.29. The summed E-state index contributed by atoms with van der Waals surface area (Å²) in [5.41, 5.74) is 4.45. The van der Waals surface area contributed by atoms with Crippen molar-refractivity contribution >= 4 is 0 Å². The number of hydrogen-bond donors (Lipinski definition) is 1. The van der Waals surface area contributed by atoms with Gasteiger partial charge in [0.25, 0.3) is 0 Å². The molecule has 0 amide bonds. The van der Waals surface area contributed by atoms with Gasteiger partial charge in [-0.2, -0.15) is 0 Å². The highest BCUT2D eigenvalue weighted by Crippen LogP contribution is 2.26. The molecule has 1 atom stereocenters. The third-order valence-electron chi connectivity index (χ3n) is 4.31. The van der Waals surface area contributed by atoms with Crippen molar-refractivity contribution in [2.45, 2.75) is 25.3 Å². The number of likely N-dealkylation sites (tertiary alicyclic amines) is 1. The van der Waals surface area contributed by atoms with Gasteiger partial charge in [-0.25, -0.2) is 0 Å². The molecule has 0 aromatic carbocycles. The first-order chi connectivity index (χ1) is 11.7. The van der Waals surface area contributed by atoms with Crippen molar-refractivity contribution in [1.29, 1.82) is 0 Å². The van der Waals surface area contributed by atoms with Crippen LogP contribution < -0.4 is 5.32 Å². The first-order valence-electron chi connectivity index (χ1n) is 8.35. The van der Waals surface area contributed by atoms with Gasteiger partial charge in [0.15, 0.2) is 0 Å². The molecule has 1 aromatic rings. The SMILES string of the molecule is C=C/C=C(\C=C)CNC(=C)C1CCCN1C(=C)Cc1cccnc1. The molecule has 1 N–H and O–H groups in total. The normalized spacial score (nSPS) is 17.4. The van der Waals surface area contributed by atoms with Gasteiger partial charge in [0, 0.05) is 43.3 Å². The molecule has 1 aromatic heterocycles. The monoisotopic (exact) mass is 321 g/mol. The Morgan fingerprint density at radius 2 is 2.21 bits per heavy atom. The number of aromatic nitrogens is 1. The molecule has 1 saturated heterocycles. The Labute approximate surface area is 145 Å². The van der Waals surface area contributed by atoms with Crippen molar-refractivity contribution in [3.63, 3.8) is 0 Å². The van der Waals surface area contributed by atoms with E-state index >= 15 is 0 Å². The first-order valence-corrected chi connectivity index (χ1v) is 8.35. The van der Waals surface area contributed by atoms with E-state index < -0.39 is 0 Å². The second-order valence-corrected chi connectivity index (χ2v) is 6.02. The van der Waals surface area contributed by atoms with Crippen LogP contribution in [0.5, 0.6) is 0 Å². The van der Waals surface area contributed by atoms with Gasteiger partial charge in [-0.1, -0.05) is 50.6 Å². The molecule has 2 rings (SSSR count). The highest BCUT2D eigenvalue weighted by Gasteiger charge is 2.27. The zero-order chi connectivity index (χ0) is 17.4. The number of nitrogens with one attached hydrogen (secondary N) is 1. The van der Waals surface area contributed by atoms with Crippen molar-refractivity contribution in [3.8, 4) is 0 Å². The molecular weight excluding hydrogens is 294 g/mol. The fraction of sp³-hybridized carbons (Fsp3) is 0.286. The summed E-state index contributed by atoms with van der Waals surface area (Å²) < 4.78 is 0. The standard InChI is InChI=1S/C21H27N3/c1-5-9-19(6-2)16-23-18(4)21-11-8-13-24(21)17(3)14-20-10-7-12-22-15-20/h5-7,9-10,12,15,21,23H,1-4,8,11,13-14,16H2/b19-9+. The first kappa shape index (κ1) is 17.8. The highest BCUT2D eigenvalue weighted by atomic mass is 15.2. The summed E-state index contributed by atoms with van der Waals surface area (Å²) in [6.07, 6.45) is 12.4. The number of nitrogens with zero attached hydrogens (tertiary/aromatic N) is 2. The molecule has 0 spiro atoms. The van der Waals surface area contributed by atoms with Crippen LogP contribution in [0.25, 0.3) is 0 Å². The average Bonchev–Trinajstić information content (AvgIpc) is 3.09. The molecule has 3 nitrogen and oxygen atoms in total. The summed E-state index contributed by atoms with van der Waals surface area (Å²) in [5.74, 6) is 0. The minimum Gasteiger partial charge on any atom is -0.383 e. The molecule has 0 saturated carbocycles. The number of hydrogen-bond acceptors (Lipinski definition) is 3. The van der Waals surface area contributed by atoms with Crippen molar-refractivity contribution in [2.24, 2.45) is 0 Å². The molecular formula is C21H27N3. The summed E-state index contributed by atoms with van der Waals surface area (Å²) in [5, 5.41) is 3.43. The Morgan fingerprint density at radius 1 is 1.38 bits per heavy atom. The van der Waals surface area contributed by atoms with Crippen LogP contribution >= 0.6 is 0 Å². The highest BCUT2D eigenvalue weighted by molar-refractivity contribution is 5.25. The summed E-state index contributed by atoms with van der Waals surface area (Å²) in [6.45, 7) is 17.8. The molecule has 1 unspecified atom stereocenters. The van der Waals surface area contributed by atoms with E-state index in [0.29, 0.717) is 12.6 Å². The van der Waals surface area contributed by atoms with E-state index in [9.17, 15) is 0 Å². The van der Waals surface area contributed by atoms with Crippen LogP contribution in [0, 0.1) is 0 Å². The van der Waals surface area contributed by atoms with Gasteiger partial charge in [0.1, 0.15) is 0 Å². The molecule has 0 aliphatic carbocycles. The summed E-state index contributed by atoms with van der Waals surface area (Å²) in [7, 11) is 0. The topological polar surface area (TPSA) is 28.2 Å². The van der Waals surface area contributed by atoms with Crippen LogP contribution in [0.2, 0.25) is 0 Å². The van der Waals surface area contributed by atoms with Crippen LogP contribution in [-0.4, -0.2) is 29.0 Å². The lowest BCUT2D eigenvalue weighted by atomic mass is 10.1. The van der Waals surface area contributed by atoms with Gasteiger partial charge in [0.05, 0.1) is 6.04 Å². The largest absolute Gasteiger partial charge is 0.383 e. The molecule has 2 heterocycles. The van der Waals surface area contributed by atoms with E-state index in [1.165, 1.54) is 5.56 Å². The van der Waals surface area contributed by atoms with Crippen LogP contribution in [0.3, 0.4) is 0 Å². The van der Waals surface area contributed by atoms with Crippen LogP contribution in [0.4, 0.5) is 0 Å². The molecule has 0 bridgehead atoms. The summed E-state index contributed by atoms with van der Waals surface area (Å²) in [6, 6.07) is 4.35. The maximum atomic E-state index is 4.29. The van der Waals surface area contributed by atoms with E-state index in [2.05, 4.69) is 47.6 Å². The van der Waals surface area contributed by atoms with Gasteiger partial charge in [0.2, 0.25) is 0 Å². The number of pyridine rings is 1. The van der Waals surface area contributed by atoms with Crippen molar-refractivity contribution < 1.29 is 0 Å². The van der Waals surface area contributed by atoms with Crippen molar-refractivity contribution in [3.05, 3.63) is 91.6 Å². The predicted molar refractivity (Wildman–Crippen MR) is 102 cm³/mol. The third-order valence-corrected chi connectivity index (χ3v) is 4.31. The Bertz CT molecular complexity index is 628. The Hall–Kier alpha value is -2.55. The molecule has 1 aliphatic heterocycles. The van der Waals surface area contributed by atoms with Crippen LogP contribution in [-0.2, 0) is 6.42 Å². The van der Waals surface area contributed by atoms with Gasteiger partial charge < -0.3 is 10.2 Å². The molecule has 126 valence electrons. The molecule has 1 fully saturated rings. The molecule has 3 heteroatoms. The van der Waals surface area contributed by atoms with Gasteiger partial charge >= 0.3 is 0 Å². The second-order valence-electron chi connectivity index (χ2n) is 6.02. The molecule has 24 heavy (non-hydrogen) atoms. The van der Waals surface area contributed by atoms with E-state index in [0.717, 1.165) is 42.8 Å². The molecule has 0 radical (unpaired) electrons. The Balaban J connectivity index is 1.95. The minimum absolute atomic E-state index is 0.295. The minimum atomic E-state index is 0.295. The zero-order valence-corrected chi connectivity index (χ0v) is 14.4. The second kappa shape index (κ2) is 8.92. The Kier molecular flexibility index (Phi) is 6.62. The zero-order valence-electron chi connectivity index (χ0n) is 14.4. The number of rotatable bonds is 9. The van der Waals surface area contributed by atoms with Crippen molar-refractivity contribution in [1.82, 2.24) is 15.2 Å². The van der Waals surface area contributed by atoms with Crippen LogP contribution in [0.15, 0.2) is 86.0 Å². The summed E-state index contributed by atoms with van der Waals surface area (Å²) >= 11 is 0. The lowest BCUT2D eigenvalue weighted by Crippen LogP contribution is -2.35. The quantitative estimate of drug-likeness (QED) is 0.697. The van der Waals surface area contributed by atoms with E-state index in [-0.39, 0.29) is 0 Å². The fourth-order valence-electron chi connectivity index (χ4n) is 3.03. The van der Waals surface area contributed by atoms with E-state index in [1.807, 2.05) is 24.4 Å². The van der Waals surface area contributed by atoms with Crippen molar-refractivity contribution in [2.75, 3.05) is 13.1 Å². The predicted octanol–water partition coefficient (Wildman–Crippen LogP) is 4.00. The summed E-state index contributed by atoms with van der Waals surface area (Å²) in [4.78, 5) is 6.55.